The van der Waals surface area contributed by atoms with E-state index < -0.39 is 0 Å². The minimum Gasteiger partial charge on any atom is -0.307 e. The maximum absolute atomic E-state index is 12.3. The van der Waals surface area contributed by atoms with E-state index in [0.717, 1.165) is 32.7 Å². The molecule has 0 bridgehead atoms. The van der Waals surface area contributed by atoms with Crippen molar-refractivity contribution in [2.45, 2.75) is 0 Å². The van der Waals surface area contributed by atoms with Crippen molar-refractivity contribution in [1.82, 2.24) is 10.6 Å². The van der Waals surface area contributed by atoms with Crippen molar-refractivity contribution in [2.75, 3.05) is 0 Å². The molecule has 3 aromatic rings. The molecule has 5 rings (SSSR count). The molecule has 4 nitrogen and oxygen atoms in total. The molecule has 0 radical (unpaired) electrons. The Balaban J connectivity index is 1.84. The second-order valence-electron chi connectivity index (χ2n) is 6.62. The zero-order chi connectivity index (χ0) is 20.8. The fraction of sp³-hybridized carbons (Fsp3) is 0. The Bertz CT molecular complexity index is 1210. The first-order valence-corrected chi connectivity index (χ1v) is 11.4. The Morgan fingerprint density at radius 3 is 1.23 bits per heavy atom. The highest BCUT2D eigenvalue weighted by molar-refractivity contribution is 8.27. The van der Waals surface area contributed by atoms with E-state index >= 15 is 0 Å². The lowest BCUT2D eigenvalue weighted by molar-refractivity contribution is -0.116. The van der Waals surface area contributed by atoms with Crippen LogP contribution in [0.1, 0.15) is 11.1 Å². The first-order chi connectivity index (χ1) is 14.5. The SMILES string of the molecule is O=C1NC(=S)SC1=Cc1c2ccccc2c(C=C2SC(=S)NC2=O)c2ccccc12. The minimum absolute atomic E-state index is 0.183. The minimum atomic E-state index is -0.183. The van der Waals surface area contributed by atoms with E-state index in [2.05, 4.69) is 10.6 Å². The van der Waals surface area contributed by atoms with Gasteiger partial charge in [-0.1, -0.05) is 96.5 Å². The Hall–Kier alpha value is -2.52. The molecule has 0 aliphatic carbocycles. The van der Waals surface area contributed by atoms with E-state index in [1.54, 1.807) is 0 Å². The molecule has 2 amide bonds. The molecule has 8 heteroatoms. The topological polar surface area (TPSA) is 58.2 Å². The lowest BCUT2D eigenvalue weighted by Gasteiger charge is -2.13. The highest BCUT2D eigenvalue weighted by atomic mass is 32.2. The van der Waals surface area contributed by atoms with Gasteiger partial charge in [-0.2, -0.15) is 0 Å². The maximum Gasteiger partial charge on any atom is 0.263 e. The quantitative estimate of drug-likeness (QED) is 0.317. The van der Waals surface area contributed by atoms with Crippen molar-refractivity contribution in [3.8, 4) is 0 Å². The fourth-order valence-electron chi connectivity index (χ4n) is 3.61. The van der Waals surface area contributed by atoms with Gasteiger partial charge in [0.2, 0.25) is 0 Å². The summed E-state index contributed by atoms with van der Waals surface area (Å²) in [6.45, 7) is 0. The molecular formula is C22H12N2O2S4. The van der Waals surface area contributed by atoms with E-state index in [0.29, 0.717) is 18.5 Å². The molecule has 146 valence electrons. The largest absolute Gasteiger partial charge is 0.307 e. The van der Waals surface area contributed by atoms with Crippen LogP contribution in [0, 0.1) is 0 Å². The van der Waals surface area contributed by atoms with Crippen LogP contribution in [0.25, 0.3) is 33.7 Å². The normalized spacial score (nSPS) is 19.3. The van der Waals surface area contributed by atoms with Gasteiger partial charge < -0.3 is 10.6 Å². The third kappa shape index (κ3) is 3.35. The smallest absolute Gasteiger partial charge is 0.263 e. The molecule has 3 aromatic carbocycles. The molecule has 0 atom stereocenters. The molecular weight excluding hydrogens is 453 g/mol. The summed E-state index contributed by atoms with van der Waals surface area (Å²) in [6, 6.07) is 16.0. The first-order valence-electron chi connectivity index (χ1n) is 8.94. The van der Waals surface area contributed by atoms with Crippen molar-refractivity contribution in [1.29, 1.82) is 0 Å². The van der Waals surface area contributed by atoms with Crippen molar-refractivity contribution in [3.63, 3.8) is 0 Å². The number of amides is 2. The number of thiocarbonyl (C=S) groups is 2. The van der Waals surface area contributed by atoms with E-state index in [1.807, 2.05) is 60.7 Å². The third-order valence-electron chi connectivity index (χ3n) is 4.85. The molecule has 2 aliphatic heterocycles. The van der Waals surface area contributed by atoms with Gasteiger partial charge >= 0.3 is 0 Å². The summed E-state index contributed by atoms with van der Waals surface area (Å²) in [5.74, 6) is -0.367. The average Bonchev–Trinajstić information content (AvgIpc) is 3.23. The van der Waals surface area contributed by atoms with Crippen LogP contribution in [0.15, 0.2) is 58.3 Å². The van der Waals surface area contributed by atoms with Crippen LogP contribution in [-0.4, -0.2) is 20.5 Å². The fourth-order valence-corrected chi connectivity index (χ4v) is 5.66. The second-order valence-corrected chi connectivity index (χ2v) is 10.1. The highest BCUT2D eigenvalue weighted by Gasteiger charge is 2.25. The molecule has 2 N–H and O–H groups in total. The molecule has 0 saturated carbocycles. The van der Waals surface area contributed by atoms with Gasteiger partial charge in [-0.3, -0.25) is 9.59 Å². The Labute approximate surface area is 191 Å². The van der Waals surface area contributed by atoms with Crippen LogP contribution in [0.4, 0.5) is 0 Å². The van der Waals surface area contributed by atoms with Gasteiger partial charge in [0.1, 0.15) is 8.64 Å². The zero-order valence-electron chi connectivity index (χ0n) is 15.2. The third-order valence-corrected chi connectivity index (χ3v) is 7.18. The number of hydrogen-bond acceptors (Lipinski definition) is 6. The van der Waals surface area contributed by atoms with Gasteiger partial charge in [0.15, 0.2) is 0 Å². The average molecular weight is 465 g/mol. The predicted molar refractivity (Wildman–Crippen MR) is 134 cm³/mol. The number of rotatable bonds is 2. The summed E-state index contributed by atoms with van der Waals surface area (Å²) in [4.78, 5) is 25.7. The molecule has 30 heavy (non-hydrogen) atoms. The van der Waals surface area contributed by atoms with Gasteiger partial charge in [0.25, 0.3) is 11.8 Å². The maximum atomic E-state index is 12.3. The summed E-state index contributed by atoms with van der Waals surface area (Å²) in [7, 11) is 0. The number of carbonyl (C=O) groups excluding carboxylic acids is 2. The van der Waals surface area contributed by atoms with Crippen LogP contribution in [0.5, 0.6) is 0 Å². The summed E-state index contributed by atoms with van der Waals surface area (Å²) in [5, 5.41) is 9.31. The van der Waals surface area contributed by atoms with Gasteiger partial charge in [-0.25, -0.2) is 0 Å². The van der Waals surface area contributed by atoms with Gasteiger partial charge in [-0.15, -0.1) is 0 Å². The molecule has 2 fully saturated rings. The summed E-state index contributed by atoms with van der Waals surface area (Å²) >= 11 is 12.8. The van der Waals surface area contributed by atoms with Gasteiger partial charge in [0.05, 0.1) is 9.81 Å². The van der Waals surface area contributed by atoms with Crippen molar-refractivity contribution in [3.05, 3.63) is 69.5 Å². The Kier molecular flexibility index (Phi) is 4.94. The van der Waals surface area contributed by atoms with Crippen LogP contribution in [-0.2, 0) is 9.59 Å². The van der Waals surface area contributed by atoms with Crippen LogP contribution >= 0.6 is 48.0 Å². The predicted octanol–water partition coefficient (Wildman–Crippen LogP) is 4.97. The standard InChI is InChI=1S/C22H12N2O2S4/c25-19-17(29-21(27)23-19)9-15-11-5-1-2-6-12(11)16(14-8-4-3-7-13(14)15)10-18-20(26)24-22(28)30-18/h1-10H,(H,23,25,27)(H,24,26,28). The van der Waals surface area contributed by atoms with E-state index in [9.17, 15) is 9.59 Å². The first kappa shape index (κ1) is 19.4. The van der Waals surface area contributed by atoms with Gasteiger partial charge in [0, 0.05) is 0 Å². The lowest BCUT2D eigenvalue weighted by Crippen LogP contribution is -2.17. The van der Waals surface area contributed by atoms with Crippen molar-refractivity contribution >= 4 is 102 Å². The molecule has 2 saturated heterocycles. The van der Waals surface area contributed by atoms with Crippen molar-refractivity contribution < 1.29 is 9.59 Å². The van der Waals surface area contributed by atoms with Crippen LogP contribution in [0.2, 0.25) is 0 Å². The number of hydrogen-bond donors (Lipinski definition) is 2. The number of carbonyl (C=O) groups is 2. The zero-order valence-corrected chi connectivity index (χ0v) is 18.5. The number of fused-ring (bicyclic) bond motifs is 2. The van der Waals surface area contributed by atoms with Crippen LogP contribution < -0.4 is 10.6 Å². The Morgan fingerprint density at radius 1 is 0.633 bits per heavy atom. The molecule has 0 spiro atoms. The molecule has 0 aromatic heterocycles. The van der Waals surface area contributed by atoms with E-state index in [-0.39, 0.29) is 11.8 Å². The van der Waals surface area contributed by atoms with E-state index in [4.69, 9.17) is 24.4 Å². The lowest BCUT2D eigenvalue weighted by atomic mass is 9.91. The molecule has 2 aliphatic rings. The monoisotopic (exact) mass is 464 g/mol. The van der Waals surface area contributed by atoms with Crippen LogP contribution in [0.3, 0.4) is 0 Å². The highest BCUT2D eigenvalue weighted by Crippen LogP contribution is 2.38. The number of nitrogens with one attached hydrogen (secondary N) is 2. The molecule has 2 heterocycles. The summed E-state index contributed by atoms with van der Waals surface area (Å²) in [5.41, 5.74) is 1.90. The number of benzene rings is 3. The summed E-state index contributed by atoms with van der Waals surface area (Å²) in [6.07, 6.45) is 3.79. The summed E-state index contributed by atoms with van der Waals surface area (Å²) < 4.78 is 0.919. The second kappa shape index (κ2) is 7.63. The van der Waals surface area contributed by atoms with E-state index in [1.165, 1.54) is 23.5 Å². The number of thioether (sulfide) groups is 2. The Morgan fingerprint density at radius 2 is 0.967 bits per heavy atom. The van der Waals surface area contributed by atoms with Gasteiger partial charge in [-0.05, 0) is 44.8 Å². The molecule has 0 unspecified atom stereocenters. The van der Waals surface area contributed by atoms with Crippen molar-refractivity contribution in [2.24, 2.45) is 0 Å².